The summed E-state index contributed by atoms with van der Waals surface area (Å²) in [7, 11) is -3.44. The average molecular weight is 548 g/mol. The van der Waals surface area contributed by atoms with Gasteiger partial charge in [0.15, 0.2) is 15.7 Å². The molecule has 16 heteroatoms. The summed E-state index contributed by atoms with van der Waals surface area (Å²) in [6.45, 7) is 2.46. The van der Waals surface area contributed by atoms with Gasteiger partial charge in [-0.15, -0.1) is 21.5 Å². The van der Waals surface area contributed by atoms with Gasteiger partial charge >= 0.3 is 12.2 Å². The smallest absolute Gasteiger partial charge is 0.451 e. The number of hydrogen-bond donors (Lipinski definition) is 1. The van der Waals surface area contributed by atoms with Crippen LogP contribution in [0.25, 0.3) is 10.2 Å². The number of alkyl halides is 3. The number of nitrogens with one attached hydrogen (secondary N) is 1. The lowest BCUT2D eigenvalue weighted by Crippen LogP contribution is -2.36. The van der Waals surface area contributed by atoms with Gasteiger partial charge in [0.25, 0.3) is 0 Å². The summed E-state index contributed by atoms with van der Waals surface area (Å²) in [6, 6.07) is 2.02. The van der Waals surface area contributed by atoms with E-state index in [-0.39, 0.29) is 44.6 Å². The van der Waals surface area contributed by atoms with Gasteiger partial charge in [0.2, 0.25) is 11.7 Å². The molecule has 0 aliphatic carbocycles. The molecule has 3 aromatic heterocycles. The number of hydrogen-bond acceptors (Lipinski definition) is 10. The third kappa shape index (κ3) is 6.03. The fraction of sp³-hybridized carbons (Fsp3) is 0.550. The minimum atomic E-state index is -4.59. The number of fused-ring (bicyclic) bond motifs is 2. The first kappa shape index (κ1) is 26.1. The van der Waals surface area contributed by atoms with Crippen molar-refractivity contribution in [2.75, 3.05) is 36.6 Å². The highest BCUT2D eigenvalue weighted by Crippen LogP contribution is 2.35. The minimum Gasteiger partial charge on any atom is -0.462 e. The molecule has 1 aliphatic heterocycles. The van der Waals surface area contributed by atoms with Crippen molar-refractivity contribution >= 4 is 43.1 Å². The number of carbonyl (C=O) groups excluding carboxylic acids is 1. The number of sulfone groups is 1. The largest absolute Gasteiger partial charge is 0.462 e. The van der Waals surface area contributed by atoms with Crippen molar-refractivity contribution in [2.24, 2.45) is 0 Å². The molecule has 0 aromatic carbocycles. The van der Waals surface area contributed by atoms with Crippen molar-refractivity contribution in [3.05, 3.63) is 22.6 Å². The molecule has 0 spiro atoms. The Morgan fingerprint density at radius 2 is 2.03 bits per heavy atom. The molecule has 0 saturated heterocycles. The number of rotatable bonds is 9. The molecule has 3 aromatic rings. The number of aromatic nitrogens is 5. The maximum atomic E-state index is 13.2. The molecule has 0 saturated carbocycles. The molecule has 1 N–H and O–H groups in total. The second-order valence-corrected chi connectivity index (χ2v) is 11.5. The van der Waals surface area contributed by atoms with E-state index >= 15 is 0 Å². The molecule has 0 bridgehead atoms. The van der Waals surface area contributed by atoms with Crippen LogP contribution in [0, 0.1) is 0 Å². The molecular weight excluding hydrogens is 523 g/mol. The molecule has 0 atom stereocenters. The maximum absolute atomic E-state index is 13.2. The molecule has 196 valence electrons. The topological polar surface area (TPSA) is 132 Å². The Hall–Kier alpha value is -3.01. The molecule has 11 nitrogen and oxygen atoms in total. The summed E-state index contributed by atoms with van der Waals surface area (Å²) in [4.78, 5) is 24.2. The predicted molar refractivity (Wildman–Crippen MR) is 126 cm³/mol. The monoisotopic (exact) mass is 547 g/mol. The second-order valence-electron chi connectivity index (χ2n) is 8.29. The van der Waals surface area contributed by atoms with Gasteiger partial charge in [0.05, 0.1) is 18.5 Å². The molecule has 36 heavy (non-hydrogen) atoms. The first-order chi connectivity index (χ1) is 16.9. The van der Waals surface area contributed by atoms with Crippen molar-refractivity contribution in [1.82, 2.24) is 30.0 Å². The van der Waals surface area contributed by atoms with E-state index in [9.17, 15) is 26.4 Å². The summed E-state index contributed by atoms with van der Waals surface area (Å²) in [5.74, 6) is -1.59. The van der Waals surface area contributed by atoms with Crippen molar-refractivity contribution in [3.63, 3.8) is 0 Å². The average Bonchev–Trinajstić information content (AvgIpc) is 3.38. The van der Waals surface area contributed by atoms with Gasteiger partial charge in [0, 0.05) is 24.2 Å². The molecule has 4 rings (SSSR count). The number of amides is 1. The normalized spacial score (nSPS) is 14.2. The van der Waals surface area contributed by atoms with Crippen molar-refractivity contribution in [3.8, 4) is 6.01 Å². The Bertz CT molecular complexity index is 1370. The van der Waals surface area contributed by atoms with E-state index in [1.165, 1.54) is 11.3 Å². The van der Waals surface area contributed by atoms with Gasteiger partial charge in [-0.1, -0.05) is 13.3 Å². The molecule has 4 heterocycles. The van der Waals surface area contributed by atoms with E-state index in [4.69, 9.17) is 4.74 Å². The lowest BCUT2D eigenvalue weighted by Gasteiger charge is -2.29. The summed E-state index contributed by atoms with van der Waals surface area (Å²) in [6.07, 6.45) is -1.85. The number of carbonyl (C=O) groups is 1. The highest BCUT2D eigenvalue weighted by atomic mass is 32.2. The number of anilines is 1. The van der Waals surface area contributed by atoms with Crippen LogP contribution in [0.4, 0.5) is 19.0 Å². The Labute approximate surface area is 208 Å². The van der Waals surface area contributed by atoms with Crippen LogP contribution >= 0.6 is 11.3 Å². The minimum absolute atomic E-state index is 0.00307. The van der Waals surface area contributed by atoms with Crippen molar-refractivity contribution in [2.45, 2.75) is 39.0 Å². The van der Waals surface area contributed by atoms with E-state index in [2.05, 4.69) is 32.4 Å². The highest BCUT2D eigenvalue weighted by Gasteiger charge is 2.39. The number of nitrogens with zero attached hydrogens (tertiary/aromatic N) is 6. The van der Waals surface area contributed by atoms with Crippen LogP contribution in [0.3, 0.4) is 0 Å². The van der Waals surface area contributed by atoms with Crippen LogP contribution < -0.4 is 15.0 Å². The maximum Gasteiger partial charge on any atom is 0.451 e. The Morgan fingerprint density at radius 3 is 2.72 bits per heavy atom. The third-order valence-corrected chi connectivity index (χ3v) is 7.13. The van der Waals surface area contributed by atoms with E-state index in [1.54, 1.807) is 0 Å². The molecule has 0 fully saturated rings. The fourth-order valence-corrected chi connectivity index (χ4v) is 5.48. The van der Waals surface area contributed by atoms with Crippen LogP contribution in [-0.4, -0.2) is 70.8 Å². The standard InChI is InChI=1S/C20H24F3N7O4S2/c1-3-4-12-9-13-16(29-6-7-30-14(10-29)27-28-18(30)20(21,22)23)25-19(26-17(13)35-12)34-8-5-24-15(31)11-36(2,32)33/h9H,3-8,10-11H2,1-2H3,(H,24,31). The van der Waals surface area contributed by atoms with Gasteiger partial charge < -0.3 is 19.5 Å². The second kappa shape index (κ2) is 10.2. The van der Waals surface area contributed by atoms with Crippen molar-refractivity contribution in [1.29, 1.82) is 0 Å². The molecule has 1 aliphatic rings. The highest BCUT2D eigenvalue weighted by molar-refractivity contribution is 7.91. The number of halogens is 3. The van der Waals surface area contributed by atoms with E-state index in [0.29, 0.717) is 10.6 Å². The van der Waals surface area contributed by atoms with E-state index < -0.39 is 33.5 Å². The van der Waals surface area contributed by atoms with Crippen LogP contribution in [0.15, 0.2) is 6.07 Å². The fourth-order valence-electron chi connectivity index (χ4n) is 3.78. The Kier molecular flexibility index (Phi) is 7.36. The first-order valence-corrected chi connectivity index (χ1v) is 13.9. The summed E-state index contributed by atoms with van der Waals surface area (Å²) >= 11 is 1.48. The van der Waals surface area contributed by atoms with Crippen LogP contribution in [-0.2, 0) is 40.3 Å². The van der Waals surface area contributed by atoms with Gasteiger partial charge in [-0.05, 0) is 12.5 Å². The number of aryl methyl sites for hydroxylation is 1. The van der Waals surface area contributed by atoms with E-state index in [1.807, 2.05) is 11.0 Å². The lowest BCUT2D eigenvalue weighted by molar-refractivity contribution is -0.147. The Morgan fingerprint density at radius 1 is 1.25 bits per heavy atom. The first-order valence-electron chi connectivity index (χ1n) is 11.1. The molecular formula is C20H24F3N7O4S2. The summed E-state index contributed by atoms with van der Waals surface area (Å²) < 4.78 is 68.7. The zero-order chi connectivity index (χ0) is 26.1. The van der Waals surface area contributed by atoms with Gasteiger partial charge in [-0.25, -0.2) is 8.42 Å². The SMILES string of the molecule is CCCc1cc2c(N3CCn4c(nnc4C(F)(F)F)C3)nc(OCCNC(=O)CS(C)(=O)=O)nc2s1. The van der Waals surface area contributed by atoms with E-state index in [0.717, 1.165) is 33.9 Å². The quantitative estimate of drug-likeness (QED) is 0.398. The number of ether oxygens (including phenoxy) is 1. The molecule has 0 radical (unpaired) electrons. The Balaban J connectivity index is 1.54. The lowest BCUT2D eigenvalue weighted by atomic mass is 10.2. The summed E-state index contributed by atoms with van der Waals surface area (Å²) in [5, 5.41) is 10.3. The predicted octanol–water partition coefficient (Wildman–Crippen LogP) is 1.81. The zero-order valence-electron chi connectivity index (χ0n) is 19.5. The molecule has 1 amide bonds. The summed E-state index contributed by atoms with van der Waals surface area (Å²) in [5.41, 5.74) is 0. The number of thiophene rings is 1. The molecule has 0 unspecified atom stereocenters. The van der Waals surface area contributed by atoms with Crippen LogP contribution in [0.1, 0.15) is 29.9 Å². The van der Waals surface area contributed by atoms with Crippen LogP contribution in [0.2, 0.25) is 0 Å². The van der Waals surface area contributed by atoms with Gasteiger partial charge in [0.1, 0.15) is 23.0 Å². The zero-order valence-corrected chi connectivity index (χ0v) is 21.1. The third-order valence-electron chi connectivity index (χ3n) is 5.25. The van der Waals surface area contributed by atoms with Crippen molar-refractivity contribution < 1.29 is 31.1 Å². The van der Waals surface area contributed by atoms with Gasteiger partial charge in [-0.3, -0.25) is 4.79 Å². The van der Waals surface area contributed by atoms with Gasteiger partial charge in [-0.2, -0.15) is 23.1 Å². The van der Waals surface area contributed by atoms with Crippen LogP contribution in [0.5, 0.6) is 6.01 Å².